The van der Waals surface area contributed by atoms with E-state index in [9.17, 15) is 0 Å². The minimum Gasteiger partial charge on any atom is -0.377 e. The van der Waals surface area contributed by atoms with Gasteiger partial charge in [-0.3, -0.25) is 5.43 Å². The summed E-state index contributed by atoms with van der Waals surface area (Å²) in [5, 5.41) is 2.21. The molecule has 1 aliphatic rings. The van der Waals surface area contributed by atoms with Crippen LogP contribution >= 0.6 is 0 Å². The fraction of sp³-hybridized carbons (Fsp3) is 1.00. The molecule has 0 aromatic rings. The summed E-state index contributed by atoms with van der Waals surface area (Å²) in [5.41, 5.74) is 3.28. The van der Waals surface area contributed by atoms with Gasteiger partial charge in [0, 0.05) is 26.2 Å². The third-order valence-electron chi connectivity index (χ3n) is 1.98. The van der Waals surface area contributed by atoms with Crippen LogP contribution in [-0.4, -0.2) is 37.4 Å². The second kappa shape index (κ2) is 4.70. The highest BCUT2D eigenvalue weighted by Gasteiger charge is 2.19. The van der Waals surface area contributed by atoms with E-state index in [-0.39, 0.29) is 0 Å². The summed E-state index contributed by atoms with van der Waals surface area (Å²) in [7, 11) is 0. The van der Waals surface area contributed by atoms with Crippen molar-refractivity contribution in [3.8, 4) is 0 Å². The van der Waals surface area contributed by atoms with Gasteiger partial charge in [-0.15, -0.1) is 0 Å². The Hall–Kier alpha value is -0.120. The standard InChI is InChI=1S/C8H18N2O/c1-3-9-10(4-2)7-8-5-6-11-8/h8-9H,3-7H2,1-2H3/t8-/m0/s1. The molecule has 0 amide bonds. The lowest BCUT2D eigenvalue weighted by molar-refractivity contribution is -0.0727. The van der Waals surface area contributed by atoms with Crippen LogP contribution in [0.5, 0.6) is 0 Å². The van der Waals surface area contributed by atoms with Crippen molar-refractivity contribution in [2.75, 3.05) is 26.2 Å². The molecule has 1 aliphatic heterocycles. The number of ether oxygens (including phenoxy) is 1. The van der Waals surface area contributed by atoms with Crippen LogP contribution in [0.1, 0.15) is 20.3 Å². The van der Waals surface area contributed by atoms with Gasteiger partial charge in [-0.05, 0) is 6.42 Å². The van der Waals surface area contributed by atoms with Crippen LogP contribution in [0, 0.1) is 0 Å². The Morgan fingerprint density at radius 1 is 1.55 bits per heavy atom. The summed E-state index contributed by atoms with van der Waals surface area (Å²) >= 11 is 0. The van der Waals surface area contributed by atoms with E-state index < -0.39 is 0 Å². The number of hydrogen-bond donors (Lipinski definition) is 1. The molecule has 11 heavy (non-hydrogen) atoms. The van der Waals surface area contributed by atoms with E-state index >= 15 is 0 Å². The molecule has 1 N–H and O–H groups in total. The Morgan fingerprint density at radius 2 is 2.27 bits per heavy atom. The summed E-state index contributed by atoms with van der Waals surface area (Å²) in [6.45, 7) is 8.30. The number of likely N-dealkylation sites (N-methyl/N-ethyl adjacent to an activating group) is 1. The van der Waals surface area contributed by atoms with Gasteiger partial charge in [0.2, 0.25) is 0 Å². The Labute approximate surface area is 68.7 Å². The van der Waals surface area contributed by atoms with Crippen LogP contribution < -0.4 is 5.43 Å². The maximum atomic E-state index is 5.33. The van der Waals surface area contributed by atoms with Crippen LogP contribution in [0.2, 0.25) is 0 Å². The summed E-state index contributed by atoms with van der Waals surface area (Å²) in [6, 6.07) is 0. The number of hydrazine groups is 1. The molecule has 1 saturated heterocycles. The molecule has 1 heterocycles. The van der Waals surface area contributed by atoms with Crippen LogP contribution in [0.15, 0.2) is 0 Å². The molecular formula is C8H18N2O. The van der Waals surface area contributed by atoms with Crippen molar-refractivity contribution in [3.05, 3.63) is 0 Å². The van der Waals surface area contributed by atoms with Crippen LogP contribution in [-0.2, 0) is 4.74 Å². The Morgan fingerprint density at radius 3 is 2.64 bits per heavy atom. The fourth-order valence-corrected chi connectivity index (χ4v) is 1.20. The minimum absolute atomic E-state index is 0.481. The van der Waals surface area contributed by atoms with Gasteiger partial charge in [0.15, 0.2) is 0 Å². The van der Waals surface area contributed by atoms with E-state index in [1.165, 1.54) is 6.42 Å². The molecule has 1 fully saturated rings. The molecule has 0 radical (unpaired) electrons. The molecule has 66 valence electrons. The Bertz CT molecular complexity index is 104. The first-order valence-electron chi connectivity index (χ1n) is 4.46. The van der Waals surface area contributed by atoms with E-state index in [4.69, 9.17) is 4.74 Å². The molecule has 0 aliphatic carbocycles. The van der Waals surface area contributed by atoms with E-state index in [0.29, 0.717) is 6.10 Å². The van der Waals surface area contributed by atoms with Gasteiger partial charge >= 0.3 is 0 Å². The first-order chi connectivity index (χ1) is 5.36. The van der Waals surface area contributed by atoms with Crippen LogP contribution in [0.4, 0.5) is 0 Å². The number of nitrogens with zero attached hydrogens (tertiary/aromatic N) is 1. The van der Waals surface area contributed by atoms with Crippen molar-refractivity contribution in [2.24, 2.45) is 0 Å². The molecular weight excluding hydrogens is 140 g/mol. The zero-order valence-corrected chi connectivity index (χ0v) is 7.47. The minimum atomic E-state index is 0.481. The second-order valence-corrected chi connectivity index (χ2v) is 2.83. The quantitative estimate of drug-likeness (QED) is 0.594. The first kappa shape index (κ1) is 8.97. The Balaban J connectivity index is 2.08. The summed E-state index contributed by atoms with van der Waals surface area (Å²) < 4.78 is 5.33. The number of rotatable bonds is 5. The lowest BCUT2D eigenvalue weighted by Gasteiger charge is -2.32. The molecule has 0 aromatic heterocycles. The average Bonchev–Trinajstić information content (AvgIpc) is 1.94. The van der Waals surface area contributed by atoms with E-state index in [1.54, 1.807) is 0 Å². The van der Waals surface area contributed by atoms with Crippen molar-refractivity contribution in [1.82, 2.24) is 10.4 Å². The van der Waals surface area contributed by atoms with E-state index in [1.807, 2.05) is 0 Å². The maximum Gasteiger partial charge on any atom is 0.0737 e. The van der Waals surface area contributed by atoms with Gasteiger partial charge in [0.05, 0.1) is 6.10 Å². The summed E-state index contributed by atoms with van der Waals surface area (Å²) in [6.07, 6.45) is 1.70. The van der Waals surface area contributed by atoms with Crippen molar-refractivity contribution in [1.29, 1.82) is 0 Å². The summed E-state index contributed by atoms with van der Waals surface area (Å²) in [5.74, 6) is 0. The normalized spacial score (nSPS) is 23.7. The third-order valence-corrected chi connectivity index (χ3v) is 1.98. The summed E-state index contributed by atoms with van der Waals surface area (Å²) in [4.78, 5) is 0. The molecule has 0 aromatic carbocycles. The lowest BCUT2D eigenvalue weighted by atomic mass is 10.2. The lowest BCUT2D eigenvalue weighted by Crippen LogP contribution is -2.46. The van der Waals surface area contributed by atoms with Crippen molar-refractivity contribution < 1.29 is 4.74 Å². The zero-order valence-electron chi connectivity index (χ0n) is 7.47. The SMILES string of the molecule is CCNN(CC)C[C@@H]1CCO1. The maximum absolute atomic E-state index is 5.33. The molecule has 0 unspecified atom stereocenters. The topological polar surface area (TPSA) is 24.5 Å². The zero-order chi connectivity index (χ0) is 8.10. The highest BCUT2D eigenvalue weighted by molar-refractivity contribution is 4.69. The largest absolute Gasteiger partial charge is 0.377 e. The van der Waals surface area contributed by atoms with Crippen molar-refractivity contribution in [2.45, 2.75) is 26.4 Å². The molecule has 0 saturated carbocycles. The highest BCUT2D eigenvalue weighted by atomic mass is 16.5. The van der Waals surface area contributed by atoms with Crippen LogP contribution in [0.25, 0.3) is 0 Å². The molecule has 3 heteroatoms. The number of hydrogen-bond acceptors (Lipinski definition) is 3. The van der Waals surface area contributed by atoms with Gasteiger partial charge in [-0.2, -0.15) is 0 Å². The highest BCUT2D eigenvalue weighted by Crippen LogP contribution is 2.11. The molecule has 1 atom stereocenters. The van der Waals surface area contributed by atoms with Gasteiger partial charge < -0.3 is 4.74 Å². The van der Waals surface area contributed by atoms with Gasteiger partial charge in [-0.25, -0.2) is 5.01 Å². The van der Waals surface area contributed by atoms with E-state index in [0.717, 1.165) is 26.2 Å². The molecule has 3 nitrogen and oxygen atoms in total. The molecule has 0 spiro atoms. The number of nitrogens with one attached hydrogen (secondary N) is 1. The van der Waals surface area contributed by atoms with Crippen LogP contribution in [0.3, 0.4) is 0 Å². The first-order valence-corrected chi connectivity index (χ1v) is 4.46. The fourth-order valence-electron chi connectivity index (χ4n) is 1.20. The monoisotopic (exact) mass is 158 g/mol. The van der Waals surface area contributed by atoms with Crippen molar-refractivity contribution >= 4 is 0 Å². The third kappa shape index (κ3) is 2.77. The van der Waals surface area contributed by atoms with Crippen molar-refractivity contribution in [3.63, 3.8) is 0 Å². The average molecular weight is 158 g/mol. The molecule has 0 bridgehead atoms. The van der Waals surface area contributed by atoms with Gasteiger partial charge in [0.25, 0.3) is 0 Å². The van der Waals surface area contributed by atoms with E-state index in [2.05, 4.69) is 24.3 Å². The van der Waals surface area contributed by atoms with Gasteiger partial charge in [-0.1, -0.05) is 13.8 Å². The Kier molecular flexibility index (Phi) is 3.83. The second-order valence-electron chi connectivity index (χ2n) is 2.83. The smallest absolute Gasteiger partial charge is 0.0737 e. The van der Waals surface area contributed by atoms with Gasteiger partial charge in [0.1, 0.15) is 0 Å². The predicted octanol–water partition coefficient (Wildman–Crippen LogP) is 0.622. The molecule has 1 rings (SSSR count). The predicted molar refractivity (Wildman–Crippen MR) is 45.3 cm³/mol.